The lowest BCUT2D eigenvalue weighted by molar-refractivity contribution is -0.140. The number of Topliss-reactive ketones (excluding diaryl/α,β-unsaturated/α-hetero) is 1. The van der Waals surface area contributed by atoms with Crippen molar-refractivity contribution in [3.05, 3.63) is 12.2 Å². The van der Waals surface area contributed by atoms with Crippen LogP contribution >= 0.6 is 0 Å². The van der Waals surface area contributed by atoms with Gasteiger partial charge in [0, 0.05) is 6.42 Å². The van der Waals surface area contributed by atoms with Gasteiger partial charge in [-0.25, -0.2) is 0 Å². The molecule has 1 fully saturated rings. The maximum absolute atomic E-state index is 11.0. The maximum atomic E-state index is 11.0. The lowest BCUT2D eigenvalue weighted by Crippen LogP contribution is -2.36. The van der Waals surface area contributed by atoms with Crippen molar-refractivity contribution in [3.8, 4) is 0 Å². The van der Waals surface area contributed by atoms with Gasteiger partial charge in [0.05, 0.1) is 6.10 Å². The van der Waals surface area contributed by atoms with Crippen LogP contribution in [0.1, 0.15) is 19.3 Å². The highest BCUT2D eigenvalue weighted by Gasteiger charge is 2.29. The number of ketones is 1. The number of rotatable bonds is 0. The lowest BCUT2D eigenvalue weighted by Gasteiger charge is -2.29. The molecule has 0 aliphatic carbocycles. The van der Waals surface area contributed by atoms with E-state index in [1.807, 2.05) is 0 Å². The third kappa shape index (κ3) is 0.886. The summed E-state index contributed by atoms with van der Waals surface area (Å²) >= 11 is 0. The average molecular weight is 138 g/mol. The van der Waals surface area contributed by atoms with Crippen LogP contribution in [-0.4, -0.2) is 18.0 Å². The molecule has 2 bridgehead atoms. The smallest absolute Gasteiger partial charge is 0.162 e. The van der Waals surface area contributed by atoms with E-state index in [1.54, 1.807) is 0 Å². The largest absolute Gasteiger partial charge is 0.363 e. The van der Waals surface area contributed by atoms with Gasteiger partial charge in [-0.05, 0) is 12.8 Å². The number of hydrogen-bond donors (Lipinski definition) is 0. The van der Waals surface area contributed by atoms with Gasteiger partial charge in [0.25, 0.3) is 0 Å². The quantitative estimate of drug-likeness (QED) is 0.468. The molecule has 0 aromatic carbocycles. The Balaban J connectivity index is 2.18. The van der Waals surface area contributed by atoms with E-state index in [-0.39, 0.29) is 18.0 Å². The second-order valence-electron chi connectivity index (χ2n) is 2.83. The fourth-order valence-electron chi connectivity index (χ4n) is 1.48. The minimum Gasteiger partial charge on any atom is -0.363 e. The molecule has 2 heterocycles. The lowest BCUT2D eigenvalue weighted by atomic mass is 9.96. The van der Waals surface area contributed by atoms with E-state index in [0.717, 1.165) is 12.8 Å². The first-order valence-corrected chi connectivity index (χ1v) is 3.71. The fourth-order valence-corrected chi connectivity index (χ4v) is 1.48. The maximum Gasteiger partial charge on any atom is 0.162 e. The molecular formula is C8H10O2. The highest BCUT2D eigenvalue weighted by molar-refractivity contribution is 5.84. The third-order valence-electron chi connectivity index (χ3n) is 2.07. The Bertz CT molecular complexity index is 184. The molecule has 2 aliphatic heterocycles. The van der Waals surface area contributed by atoms with Crippen LogP contribution in [0.15, 0.2) is 12.2 Å². The van der Waals surface area contributed by atoms with Crippen molar-refractivity contribution in [3.63, 3.8) is 0 Å². The molecule has 0 saturated carbocycles. The van der Waals surface area contributed by atoms with Crippen LogP contribution in [0.5, 0.6) is 0 Å². The zero-order valence-corrected chi connectivity index (χ0v) is 5.75. The summed E-state index contributed by atoms with van der Waals surface area (Å²) in [6.45, 7) is 0. The van der Waals surface area contributed by atoms with Crippen molar-refractivity contribution in [2.75, 3.05) is 0 Å². The SMILES string of the molecule is O=C1CC[C@@H]2C=CC[C@H]1O2. The summed E-state index contributed by atoms with van der Waals surface area (Å²) in [7, 11) is 0. The zero-order chi connectivity index (χ0) is 6.97. The summed E-state index contributed by atoms with van der Waals surface area (Å²) in [5, 5.41) is 0. The van der Waals surface area contributed by atoms with E-state index < -0.39 is 0 Å². The highest BCUT2D eigenvalue weighted by atomic mass is 16.5. The number of carbonyl (C=O) groups is 1. The van der Waals surface area contributed by atoms with Crippen LogP contribution in [-0.2, 0) is 9.53 Å². The molecule has 0 aromatic heterocycles. The number of fused-ring (bicyclic) bond motifs is 2. The summed E-state index contributed by atoms with van der Waals surface area (Å²) in [6, 6.07) is 0. The summed E-state index contributed by atoms with van der Waals surface area (Å²) in [5.74, 6) is 0.278. The van der Waals surface area contributed by atoms with Crippen LogP contribution in [0.2, 0.25) is 0 Å². The van der Waals surface area contributed by atoms with Crippen molar-refractivity contribution in [2.24, 2.45) is 0 Å². The Kier molecular flexibility index (Phi) is 1.34. The molecule has 0 radical (unpaired) electrons. The molecule has 54 valence electrons. The summed E-state index contributed by atoms with van der Waals surface area (Å²) in [6.07, 6.45) is 6.61. The van der Waals surface area contributed by atoms with E-state index in [0.29, 0.717) is 6.42 Å². The average Bonchev–Trinajstić information content (AvgIpc) is 1.99. The monoisotopic (exact) mass is 138 g/mol. The molecule has 2 heteroatoms. The van der Waals surface area contributed by atoms with E-state index in [1.165, 1.54) is 0 Å². The second kappa shape index (κ2) is 2.20. The summed E-state index contributed by atoms with van der Waals surface area (Å²) in [4.78, 5) is 11.0. The molecule has 2 aliphatic rings. The second-order valence-corrected chi connectivity index (χ2v) is 2.83. The minimum absolute atomic E-state index is 0.108. The minimum atomic E-state index is -0.108. The van der Waals surface area contributed by atoms with Gasteiger partial charge in [0.15, 0.2) is 5.78 Å². The molecule has 10 heavy (non-hydrogen) atoms. The fraction of sp³-hybridized carbons (Fsp3) is 0.625. The van der Waals surface area contributed by atoms with Crippen molar-refractivity contribution in [2.45, 2.75) is 31.5 Å². The van der Waals surface area contributed by atoms with E-state index >= 15 is 0 Å². The molecule has 0 N–H and O–H groups in total. The van der Waals surface area contributed by atoms with Crippen molar-refractivity contribution in [1.29, 1.82) is 0 Å². The standard InChI is InChI=1S/C8H10O2/c9-7-5-4-6-2-1-3-8(7)10-6/h1-2,6,8H,3-5H2/t6-,8+/m0/s1. The van der Waals surface area contributed by atoms with Gasteiger partial charge < -0.3 is 4.74 Å². The van der Waals surface area contributed by atoms with Crippen molar-refractivity contribution < 1.29 is 9.53 Å². The van der Waals surface area contributed by atoms with Gasteiger partial charge in [0.2, 0.25) is 0 Å². The molecule has 0 aromatic rings. The van der Waals surface area contributed by atoms with E-state index in [4.69, 9.17) is 4.74 Å². The highest BCUT2D eigenvalue weighted by Crippen LogP contribution is 2.23. The Morgan fingerprint density at radius 1 is 1.60 bits per heavy atom. The first-order valence-electron chi connectivity index (χ1n) is 3.71. The summed E-state index contributed by atoms with van der Waals surface area (Å²) < 4.78 is 5.40. The van der Waals surface area contributed by atoms with Crippen LogP contribution in [0.25, 0.3) is 0 Å². The van der Waals surface area contributed by atoms with Gasteiger partial charge in [-0.2, -0.15) is 0 Å². The predicted molar refractivity (Wildman–Crippen MR) is 36.7 cm³/mol. The Morgan fingerprint density at radius 3 is 3.30 bits per heavy atom. The van der Waals surface area contributed by atoms with E-state index in [2.05, 4.69) is 12.2 Å². The molecular weight excluding hydrogens is 128 g/mol. The van der Waals surface area contributed by atoms with Crippen molar-refractivity contribution in [1.82, 2.24) is 0 Å². The first-order chi connectivity index (χ1) is 4.86. The zero-order valence-electron chi connectivity index (χ0n) is 5.75. The van der Waals surface area contributed by atoms with Gasteiger partial charge in [-0.1, -0.05) is 12.2 Å². The van der Waals surface area contributed by atoms with E-state index in [9.17, 15) is 4.79 Å². The number of ether oxygens (including phenoxy) is 1. The summed E-state index contributed by atoms with van der Waals surface area (Å²) in [5.41, 5.74) is 0. The van der Waals surface area contributed by atoms with Crippen LogP contribution < -0.4 is 0 Å². The van der Waals surface area contributed by atoms with Gasteiger partial charge in [-0.15, -0.1) is 0 Å². The normalized spacial score (nSPS) is 38.2. The number of carbonyl (C=O) groups excluding carboxylic acids is 1. The first kappa shape index (κ1) is 6.10. The Morgan fingerprint density at radius 2 is 2.50 bits per heavy atom. The van der Waals surface area contributed by atoms with Gasteiger partial charge >= 0.3 is 0 Å². The van der Waals surface area contributed by atoms with Crippen LogP contribution in [0.4, 0.5) is 0 Å². The number of hydrogen-bond acceptors (Lipinski definition) is 2. The van der Waals surface area contributed by atoms with Crippen LogP contribution in [0, 0.1) is 0 Å². The van der Waals surface area contributed by atoms with Crippen molar-refractivity contribution >= 4 is 5.78 Å². The molecule has 1 saturated heterocycles. The van der Waals surface area contributed by atoms with Gasteiger partial charge in [0.1, 0.15) is 6.10 Å². The third-order valence-corrected chi connectivity index (χ3v) is 2.07. The van der Waals surface area contributed by atoms with Gasteiger partial charge in [-0.3, -0.25) is 4.79 Å². The topological polar surface area (TPSA) is 26.3 Å². The Labute approximate surface area is 59.9 Å². The molecule has 2 atom stereocenters. The molecule has 2 rings (SSSR count). The Hall–Kier alpha value is -0.630. The molecule has 0 spiro atoms. The predicted octanol–water partition coefficient (Wildman–Crippen LogP) is 1.06. The molecule has 0 amide bonds. The molecule has 0 unspecified atom stereocenters. The van der Waals surface area contributed by atoms with Crippen LogP contribution in [0.3, 0.4) is 0 Å². The molecule has 2 nitrogen and oxygen atoms in total.